The van der Waals surface area contributed by atoms with Gasteiger partial charge in [-0.25, -0.2) is 15.0 Å². The number of pyridine rings is 1. The summed E-state index contributed by atoms with van der Waals surface area (Å²) in [5.41, 5.74) is 3.41. The third-order valence-electron chi connectivity index (χ3n) is 5.45. The van der Waals surface area contributed by atoms with Crippen LogP contribution in [0.2, 0.25) is 0 Å². The molecule has 168 valence electrons. The summed E-state index contributed by atoms with van der Waals surface area (Å²) in [6.45, 7) is 6.54. The summed E-state index contributed by atoms with van der Waals surface area (Å²) in [5.74, 6) is 2.21. The fraction of sp³-hybridized carbons (Fsp3) is 0.400. The Morgan fingerprint density at radius 1 is 1.12 bits per heavy atom. The number of nitrogens with zero attached hydrogens (tertiary/aromatic N) is 4. The minimum absolute atomic E-state index is 0.132. The molecule has 7 heteroatoms. The van der Waals surface area contributed by atoms with Gasteiger partial charge in [-0.15, -0.1) is 0 Å². The number of anilines is 2. The van der Waals surface area contributed by atoms with Crippen molar-refractivity contribution in [2.24, 2.45) is 0 Å². The van der Waals surface area contributed by atoms with Crippen LogP contribution in [0.3, 0.4) is 0 Å². The third-order valence-corrected chi connectivity index (χ3v) is 5.45. The molecule has 1 saturated heterocycles. The number of likely N-dealkylation sites (tertiary alicyclic amines) is 1. The monoisotopic (exact) mass is 433 g/mol. The van der Waals surface area contributed by atoms with Crippen LogP contribution in [0.15, 0.2) is 54.9 Å². The van der Waals surface area contributed by atoms with E-state index in [4.69, 9.17) is 14.5 Å². The van der Waals surface area contributed by atoms with Gasteiger partial charge in [-0.05, 0) is 69.1 Å². The lowest BCUT2D eigenvalue weighted by molar-refractivity contribution is 0.174. The van der Waals surface area contributed by atoms with E-state index in [0.29, 0.717) is 12.6 Å². The van der Waals surface area contributed by atoms with E-state index in [1.807, 2.05) is 26.0 Å². The highest BCUT2D eigenvalue weighted by atomic mass is 16.5. The molecular formula is C25H31N5O2. The maximum atomic E-state index is 5.95. The summed E-state index contributed by atoms with van der Waals surface area (Å²) in [6.07, 6.45) is 5.82. The minimum atomic E-state index is 0.132. The van der Waals surface area contributed by atoms with Crippen molar-refractivity contribution in [1.82, 2.24) is 19.9 Å². The van der Waals surface area contributed by atoms with E-state index < -0.39 is 0 Å². The van der Waals surface area contributed by atoms with Crippen LogP contribution in [0.25, 0.3) is 0 Å². The van der Waals surface area contributed by atoms with Gasteiger partial charge in [0.1, 0.15) is 11.6 Å². The van der Waals surface area contributed by atoms with Crippen LogP contribution < -0.4 is 10.1 Å². The van der Waals surface area contributed by atoms with Gasteiger partial charge in [-0.1, -0.05) is 12.1 Å². The van der Waals surface area contributed by atoms with Crippen LogP contribution in [-0.2, 0) is 17.9 Å². The normalized spacial score (nSPS) is 16.4. The smallest absolute Gasteiger partial charge is 0.228 e. The number of nitrogens with one attached hydrogen (secondary N) is 1. The second kappa shape index (κ2) is 10.5. The molecule has 0 amide bonds. The zero-order chi connectivity index (χ0) is 22.3. The molecule has 1 N–H and O–H groups in total. The SMILES string of the molecule is COCc1cc(CN2CCCC2c2cccc(Nc3ncccn3)n2)ccc1OC(C)C. The van der Waals surface area contributed by atoms with Crippen molar-refractivity contribution >= 4 is 11.8 Å². The van der Waals surface area contributed by atoms with E-state index in [1.54, 1.807) is 25.6 Å². The molecule has 7 nitrogen and oxygen atoms in total. The molecule has 0 saturated carbocycles. The van der Waals surface area contributed by atoms with E-state index in [9.17, 15) is 0 Å². The van der Waals surface area contributed by atoms with Crippen LogP contribution in [0, 0.1) is 0 Å². The van der Waals surface area contributed by atoms with Gasteiger partial charge in [0.05, 0.1) is 24.4 Å². The number of methoxy groups -OCH3 is 1. The van der Waals surface area contributed by atoms with Gasteiger partial charge < -0.3 is 14.8 Å². The average molecular weight is 434 g/mol. The van der Waals surface area contributed by atoms with Crippen LogP contribution in [0.4, 0.5) is 11.8 Å². The quantitative estimate of drug-likeness (QED) is 0.515. The number of hydrogen-bond donors (Lipinski definition) is 1. The van der Waals surface area contributed by atoms with E-state index in [0.717, 1.165) is 48.8 Å². The average Bonchev–Trinajstić information content (AvgIpc) is 3.24. The van der Waals surface area contributed by atoms with Gasteiger partial charge in [-0.2, -0.15) is 0 Å². The zero-order valence-corrected chi connectivity index (χ0v) is 19.0. The van der Waals surface area contributed by atoms with Crippen molar-refractivity contribution in [3.63, 3.8) is 0 Å². The summed E-state index contributed by atoms with van der Waals surface area (Å²) in [7, 11) is 1.72. The van der Waals surface area contributed by atoms with Crippen LogP contribution in [-0.4, -0.2) is 39.6 Å². The lowest BCUT2D eigenvalue weighted by Gasteiger charge is -2.25. The molecule has 3 aromatic rings. The molecular weight excluding hydrogens is 402 g/mol. The number of benzene rings is 1. The Hall–Kier alpha value is -3.03. The summed E-state index contributed by atoms with van der Waals surface area (Å²) < 4.78 is 11.4. The first-order valence-electron chi connectivity index (χ1n) is 11.1. The van der Waals surface area contributed by atoms with Crippen molar-refractivity contribution < 1.29 is 9.47 Å². The highest BCUT2D eigenvalue weighted by Gasteiger charge is 2.27. The van der Waals surface area contributed by atoms with Crippen molar-refractivity contribution in [1.29, 1.82) is 0 Å². The molecule has 1 atom stereocenters. The molecule has 2 aromatic heterocycles. The predicted molar refractivity (Wildman–Crippen MR) is 125 cm³/mol. The highest BCUT2D eigenvalue weighted by molar-refractivity contribution is 5.47. The number of rotatable bonds is 9. The molecule has 0 aliphatic carbocycles. The summed E-state index contributed by atoms with van der Waals surface area (Å²) >= 11 is 0. The molecule has 1 aliphatic rings. The van der Waals surface area contributed by atoms with E-state index >= 15 is 0 Å². The molecule has 1 fully saturated rings. The number of ether oxygens (including phenoxy) is 2. The van der Waals surface area contributed by atoms with Crippen molar-refractivity contribution in [3.8, 4) is 5.75 Å². The fourth-order valence-electron chi connectivity index (χ4n) is 4.14. The molecule has 1 aromatic carbocycles. The van der Waals surface area contributed by atoms with Crippen LogP contribution in [0.1, 0.15) is 49.6 Å². The van der Waals surface area contributed by atoms with Gasteiger partial charge >= 0.3 is 0 Å². The second-order valence-corrected chi connectivity index (χ2v) is 8.32. The molecule has 1 unspecified atom stereocenters. The summed E-state index contributed by atoms with van der Waals surface area (Å²) in [5, 5.41) is 3.20. The standard InChI is InChI=1S/C25H31N5O2/c1-18(2)32-23-11-10-19(15-20(23)17-31-3)16-30-14-5-8-22(30)21-7-4-9-24(28-21)29-25-26-12-6-13-27-25/h4,6-7,9-13,15,18,22H,5,8,14,16-17H2,1-3H3,(H,26,27,28,29). The van der Waals surface area contributed by atoms with E-state index in [1.165, 1.54) is 5.56 Å². The Morgan fingerprint density at radius 3 is 2.75 bits per heavy atom. The minimum Gasteiger partial charge on any atom is -0.491 e. The molecule has 4 rings (SSSR count). The number of aromatic nitrogens is 3. The predicted octanol–water partition coefficient (Wildman–Crippen LogP) is 4.89. The molecule has 0 radical (unpaired) electrons. The Labute approximate surface area is 189 Å². The van der Waals surface area contributed by atoms with Gasteiger partial charge in [0.2, 0.25) is 5.95 Å². The highest BCUT2D eigenvalue weighted by Crippen LogP contribution is 2.33. The maximum absolute atomic E-state index is 5.95. The first-order chi connectivity index (χ1) is 15.6. The Bertz CT molecular complexity index is 1010. The molecule has 3 heterocycles. The van der Waals surface area contributed by atoms with Gasteiger partial charge in [0.15, 0.2) is 0 Å². The van der Waals surface area contributed by atoms with Crippen molar-refractivity contribution in [3.05, 3.63) is 71.7 Å². The number of hydrogen-bond acceptors (Lipinski definition) is 7. The van der Waals surface area contributed by atoms with Gasteiger partial charge in [-0.3, -0.25) is 4.90 Å². The van der Waals surface area contributed by atoms with Crippen molar-refractivity contribution in [2.45, 2.75) is 52.0 Å². The first kappa shape index (κ1) is 22.2. The second-order valence-electron chi connectivity index (χ2n) is 8.32. The lowest BCUT2D eigenvalue weighted by Crippen LogP contribution is -2.23. The van der Waals surface area contributed by atoms with Crippen LogP contribution >= 0.6 is 0 Å². The summed E-state index contributed by atoms with van der Waals surface area (Å²) in [4.78, 5) is 15.8. The van der Waals surface area contributed by atoms with Crippen LogP contribution in [0.5, 0.6) is 5.75 Å². The topological polar surface area (TPSA) is 72.4 Å². The zero-order valence-electron chi connectivity index (χ0n) is 19.0. The van der Waals surface area contributed by atoms with E-state index in [2.05, 4.69) is 44.5 Å². The lowest BCUT2D eigenvalue weighted by atomic mass is 10.1. The largest absolute Gasteiger partial charge is 0.491 e. The first-order valence-corrected chi connectivity index (χ1v) is 11.1. The van der Waals surface area contributed by atoms with Crippen molar-refractivity contribution in [2.75, 3.05) is 19.0 Å². The Balaban J connectivity index is 1.49. The third kappa shape index (κ3) is 5.60. The molecule has 0 spiro atoms. The van der Waals surface area contributed by atoms with E-state index in [-0.39, 0.29) is 12.1 Å². The molecule has 1 aliphatic heterocycles. The Morgan fingerprint density at radius 2 is 1.97 bits per heavy atom. The maximum Gasteiger partial charge on any atom is 0.228 e. The van der Waals surface area contributed by atoms with Gasteiger partial charge in [0, 0.05) is 31.6 Å². The Kier molecular flexibility index (Phi) is 7.29. The molecule has 0 bridgehead atoms. The summed E-state index contributed by atoms with van der Waals surface area (Å²) in [6, 6.07) is 14.6. The fourth-order valence-corrected chi connectivity index (χ4v) is 4.14. The van der Waals surface area contributed by atoms with Gasteiger partial charge in [0.25, 0.3) is 0 Å². The molecule has 32 heavy (non-hydrogen) atoms.